The van der Waals surface area contributed by atoms with E-state index in [1.807, 2.05) is 36.4 Å². The molecule has 2 unspecified atom stereocenters. The maximum atomic E-state index is 12.5. The van der Waals surface area contributed by atoms with Gasteiger partial charge in [-0.1, -0.05) is 24.8 Å². The fourth-order valence-electron chi connectivity index (χ4n) is 4.61. The molecule has 2 aliphatic rings. The number of amides is 2. The van der Waals surface area contributed by atoms with Gasteiger partial charge in [-0.2, -0.15) is 0 Å². The Morgan fingerprint density at radius 1 is 1.14 bits per heavy atom. The van der Waals surface area contributed by atoms with E-state index in [1.165, 1.54) is 18.9 Å². The largest absolute Gasteiger partial charge is 0.490 e. The molecular weight excluding hydrogens is 442 g/mol. The predicted octanol–water partition coefficient (Wildman–Crippen LogP) is 3.73. The molecule has 2 atom stereocenters. The van der Waals surface area contributed by atoms with Crippen molar-refractivity contribution in [1.82, 2.24) is 5.32 Å². The number of hydrogen-bond donors (Lipinski definition) is 4. The molecule has 1 heterocycles. The first-order chi connectivity index (χ1) is 17.0. The summed E-state index contributed by atoms with van der Waals surface area (Å²) in [5.74, 6) is -0.861. The van der Waals surface area contributed by atoms with Gasteiger partial charge in [0.25, 0.3) is 0 Å². The number of rotatable bonds is 9. The summed E-state index contributed by atoms with van der Waals surface area (Å²) < 4.78 is 6.01. The van der Waals surface area contributed by atoms with Crippen molar-refractivity contribution in [1.29, 1.82) is 5.41 Å². The van der Waals surface area contributed by atoms with Crippen molar-refractivity contribution in [2.45, 2.75) is 44.2 Å². The lowest BCUT2D eigenvalue weighted by Crippen LogP contribution is -2.46. The van der Waals surface area contributed by atoms with Crippen molar-refractivity contribution in [2.24, 2.45) is 16.6 Å². The standard InChI is InChI=1S/C27H31N5O3/c1-2-23(33)31-21-10-6-5-9-20(21)22-15-16-30-27(32-22)24(26(29)34)25(28)17-11-13-19(14-12-17)35-18-7-3-4-8-18/h2,5-6,9-14,18,22,24,28H,1,3-4,7-8,15-16H2,(H2,29,34)(H,30,32)(H,31,33). The number of nitrogens with two attached hydrogens (primary N) is 1. The number of carbonyl (C=O) groups excluding carboxylic acids is 2. The molecule has 2 amide bonds. The highest BCUT2D eigenvalue weighted by atomic mass is 16.5. The fraction of sp³-hybridized carbons (Fsp3) is 0.333. The van der Waals surface area contributed by atoms with E-state index in [0.717, 1.165) is 24.2 Å². The minimum atomic E-state index is -1.02. The number of ether oxygens (including phenoxy) is 1. The van der Waals surface area contributed by atoms with Gasteiger partial charge in [-0.15, -0.1) is 0 Å². The van der Waals surface area contributed by atoms with Gasteiger partial charge >= 0.3 is 0 Å². The highest BCUT2D eigenvalue weighted by Crippen LogP contribution is 2.29. The van der Waals surface area contributed by atoms with Crippen LogP contribution >= 0.6 is 0 Å². The Morgan fingerprint density at radius 3 is 2.54 bits per heavy atom. The second kappa shape index (κ2) is 11.0. The topological polar surface area (TPSA) is 130 Å². The summed E-state index contributed by atoms with van der Waals surface area (Å²) in [5, 5.41) is 14.9. The zero-order chi connectivity index (χ0) is 24.8. The maximum Gasteiger partial charge on any atom is 0.247 e. The Labute approximate surface area is 205 Å². The zero-order valence-electron chi connectivity index (χ0n) is 19.6. The lowest BCUT2D eigenvalue weighted by molar-refractivity contribution is -0.118. The van der Waals surface area contributed by atoms with E-state index in [1.54, 1.807) is 12.1 Å². The van der Waals surface area contributed by atoms with E-state index < -0.39 is 11.8 Å². The van der Waals surface area contributed by atoms with Crippen LogP contribution in [0.1, 0.15) is 49.3 Å². The maximum absolute atomic E-state index is 12.5. The number of anilines is 1. The van der Waals surface area contributed by atoms with Gasteiger partial charge in [0.2, 0.25) is 11.8 Å². The molecule has 0 aromatic heterocycles. The van der Waals surface area contributed by atoms with E-state index in [9.17, 15) is 9.59 Å². The summed E-state index contributed by atoms with van der Waals surface area (Å²) in [6.45, 7) is 3.96. The van der Waals surface area contributed by atoms with Crippen LogP contribution in [0, 0.1) is 11.3 Å². The molecule has 1 aliphatic heterocycles. The molecule has 35 heavy (non-hydrogen) atoms. The number of nitrogens with one attached hydrogen (secondary N) is 3. The first-order valence-corrected chi connectivity index (χ1v) is 11.9. The minimum Gasteiger partial charge on any atom is -0.490 e. The Morgan fingerprint density at radius 2 is 1.86 bits per heavy atom. The molecule has 182 valence electrons. The molecule has 2 aromatic carbocycles. The average molecular weight is 474 g/mol. The van der Waals surface area contributed by atoms with E-state index in [2.05, 4.69) is 22.2 Å². The quantitative estimate of drug-likeness (QED) is 0.326. The van der Waals surface area contributed by atoms with Crippen LogP contribution in [0.4, 0.5) is 5.69 Å². The van der Waals surface area contributed by atoms with Crippen LogP contribution in [0.2, 0.25) is 0 Å². The molecule has 1 fully saturated rings. The molecule has 2 aromatic rings. The Balaban J connectivity index is 1.51. The second-order valence-electron chi connectivity index (χ2n) is 8.83. The molecule has 0 saturated heterocycles. The summed E-state index contributed by atoms with van der Waals surface area (Å²) >= 11 is 0. The summed E-state index contributed by atoms with van der Waals surface area (Å²) in [7, 11) is 0. The van der Waals surface area contributed by atoms with Gasteiger partial charge in [-0.25, -0.2) is 0 Å². The van der Waals surface area contributed by atoms with Gasteiger partial charge in [-0.05, 0) is 79.6 Å². The number of carbonyl (C=O) groups is 2. The Bertz CT molecular complexity index is 1140. The van der Waals surface area contributed by atoms with Crippen LogP contribution in [-0.4, -0.2) is 36.0 Å². The first kappa shape index (κ1) is 24.2. The average Bonchev–Trinajstić information content (AvgIpc) is 3.38. The van der Waals surface area contributed by atoms with E-state index in [-0.39, 0.29) is 23.8 Å². The van der Waals surface area contributed by atoms with Crippen molar-refractivity contribution < 1.29 is 14.3 Å². The van der Waals surface area contributed by atoms with E-state index in [0.29, 0.717) is 30.1 Å². The number of benzene rings is 2. The number of hydrogen-bond acceptors (Lipinski definition) is 6. The normalized spacial score (nSPS) is 18.6. The molecule has 0 radical (unpaired) electrons. The second-order valence-corrected chi connectivity index (χ2v) is 8.83. The number of para-hydroxylation sites is 1. The third-order valence-corrected chi connectivity index (χ3v) is 6.42. The Kier molecular flexibility index (Phi) is 7.60. The van der Waals surface area contributed by atoms with Gasteiger partial charge in [0.05, 0.1) is 17.9 Å². The summed E-state index contributed by atoms with van der Waals surface area (Å²) in [6.07, 6.45) is 6.63. The summed E-state index contributed by atoms with van der Waals surface area (Å²) in [6, 6.07) is 14.5. The summed E-state index contributed by atoms with van der Waals surface area (Å²) in [4.78, 5) is 28.8. The van der Waals surface area contributed by atoms with Crippen molar-refractivity contribution >= 4 is 29.0 Å². The van der Waals surface area contributed by atoms with Crippen molar-refractivity contribution in [2.75, 3.05) is 11.9 Å². The van der Waals surface area contributed by atoms with E-state index >= 15 is 0 Å². The van der Waals surface area contributed by atoms with Gasteiger partial charge < -0.3 is 26.5 Å². The lowest BCUT2D eigenvalue weighted by Gasteiger charge is -2.30. The summed E-state index contributed by atoms with van der Waals surface area (Å²) in [5.41, 5.74) is 7.92. The molecule has 4 rings (SSSR count). The van der Waals surface area contributed by atoms with Crippen molar-refractivity contribution in [3.05, 3.63) is 72.3 Å². The molecule has 1 saturated carbocycles. The number of amidine groups is 1. The minimum absolute atomic E-state index is 0.0741. The third kappa shape index (κ3) is 5.77. The van der Waals surface area contributed by atoms with Gasteiger partial charge in [0, 0.05) is 12.2 Å². The monoisotopic (exact) mass is 473 g/mol. The molecule has 5 N–H and O–H groups in total. The first-order valence-electron chi connectivity index (χ1n) is 11.9. The lowest BCUT2D eigenvalue weighted by atomic mass is 9.92. The molecule has 1 aliphatic carbocycles. The number of primary amides is 1. The van der Waals surface area contributed by atoms with Crippen LogP contribution < -0.4 is 21.1 Å². The molecular formula is C27H31N5O3. The Hall–Kier alpha value is -3.94. The predicted molar refractivity (Wildman–Crippen MR) is 137 cm³/mol. The van der Waals surface area contributed by atoms with E-state index in [4.69, 9.17) is 15.9 Å². The van der Waals surface area contributed by atoms with Crippen molar-refractivity contribution in [3.8, 4) is 5.75 Å². The molecule has 0 spiro atoms. The fourth-order valence-corrected chi connectivity index (χ4v) is 4.61. The smallest absolute Gasteiger partial charge is 0.247 e. The highest BCUT2D eigenvalue weighted by Gasteiger charge is 2.32. The third-order valence-electron chi connectivity index (χ3n) is 6.42. The SMILES string of the molecule is C=CC(=O)Nc1ccccc1C1CCN=C(C(C(=N)c2ccc(OC3CCCC3)cc2)C(N)=O)N1. The van der Waals surface area contributed by atoms with Crippen LogP contribution in [0.15, 0.2) is 66.2 Å². The number of aliphatic imine (C=N–C) groups is 1. The van der Waals surface area contributed by atoms with Crippen molar-refractivity contribution in [3.63, 3.8) is 0 Å². The van der Waals surface area contributed by atoms with Gasteiger partial charge in [0.15, 0.2) is 0 Å². The zero-order valence-corrected chi connectivity index (χ0v) is 19.6. The van der Waals surface area contributed by atoms with Crippen LogP contribution in [-0.2, 0) is 9.59 Å². The van der Waals surface area contributed by atoms with Crippen LogP contribution in [0.25, 0.3) is 0 Å². The van der Waals surface area contributed by atoms with Gasteiger partial charge in [0.1, 0.15) is 17.5 Å². The molecule has 8 nitrogen and oxygen atoms in total. The molecule has 8 heteroatoms. The highest BCUT2D eigenvalue weighted by molar-refractivity contribution is 6.25. The number of nitrogens with zero attached hydrogens (tertiary/aromatic N) is 1. The van der Waals surface area contributed by atoms with Gasteiger partial charge in [-0.3, -0.25) is 14.6 Å². The molecule has 0 bridgehead atoms. The van der Waals surface area contributed by atoms with Crippen LogP contribution in [0.3, 0.4) is 0 Å². The van der Waals surface area contributed by atoms with Crippen LogP contribution in [0.5, 0.6) is 5.75 Å².